The van der Waals surface area contributed by atoms with Crippen molar-refractivity contribution in [2.24, 2.45) is 5.92 Å². The van der Waals surface area contributed by atoms with Crippen LogP contribution in [0.5, 0.6) is 5.75 Å². The number of hydrogen-bond acceptors (Lipinski definition) is 5. The summed E-state index contributed by atoms with van der Waals surface area (Å²) in [5.74, 6) is 1.36. The highest BCUT2D eigenvalue weighted by atomic mass is 16.6. The first kappa shape index (κ1) is 22.4. The topological polar surface area (TPSA) is 71.1 Å². The third kappa shape index (κ3) is 6.36. The highest BCUT2D eigenvalue weighted by molar-refractivity contribution is 5.78. The van der Waals surface area contributed by atoms with E-state index in [1.54, 1.807) is 7.11 Å². The lowest BCUT2D eigenvalue weighted by molar-refractivity contribution is -0.120. The highest BCUT2D eigenvalue weighted by Gasteiger charge is 2.30. The minimum Gasteiger partial charge on any atom is -0.497 e. The Morgan fingerprint density at radius 3 is 2.50 bits per heavy atom. The number of rotatable bonds is 7. The number of likely N-dealkylation sites (tertiary alicyclic amines) is 2. The van der Waals surface area contributed by atoms with Gasteiger partial charge in [0.2, 0.25) is 5.91 Å². The number of nitrogens with one attached hydrogen (secondary N) is 1. The fourth-order valence-electron chi connectivity index (χ4n) is 4.47. The Labute approximate surface area is 179 Å². The summed E-state index contributed by atoms with van der Waals surface area (Å²) in [6.45, 7) is 6.66. The lowest BCUT2D eigenvalue weighted by Gasteiger charge is -2.42. The minimum absolute atomic E-state index is 0.0695. The molecule has 2 aliphatic heterocycles. The second kappa shape index (κ2) is 11.2. The maximum Gasteiger partial charge on any atom is 0.409 e. The van der Waals surface area contributed by atoms with Crippen molar-refractivity contribution in [3.63, 3.8) is 0 Å². The van der Waals surface area contributed by atoms with Crippen LogP contribution >= 0.6 is 0 Å². The van der Waals surface area contributed by atoms with Crippen LogP contribution in [-0.2, 0) is 16.0 Å². The van der Waals surface area contributed by atoms with Gasteiger partial charge in [-0.25, -0.2) is 4.79 Å². The van der Waals surface area contributed by atoms with E-state index in [0.29, 0.717) is 25.0 Å². The molecule has 0 aliphatic carbocycles. The Morgan fingerprint density at radius 2 is 1.83 bits per heavy atom. The van der Waals surface area contributed by atoms with Gasteiger partial charge >= 0.3 is 6.09 Å². The lowest BCUT2D eigenvalue weighted by Crippen LogP contribution is -2.50. The van der Waals surface area contributed by atoms with Crippen molar-refractivity contribution in [2.45, 2.75) is 45.1 Å². The Hall–Kier alpha value is -2.28. The summed E-state index contributed by atoms with van der Waals surface area (Å²) in [5, 5.41) is 3.12. The summed E-state index contributed by atoms with van der Waals surface area (Å²) >= 11 is 0. The molecular weight excluding hydrogens is 382 g/mol. The number of piperidine rings is 2. The Morgan fingerprint density at radius 1 is 1.10 bits per heavy atom. The Balaban J connectivity index is 1.39. The van der Waals surface area contributed by atoms with E-state index in [9.17, 15) is 9.59 Å². The van der Waals surface area contributed by atoms with Crippen LogP contribution in [0.4, 0.5) is 4.79 Å². The van der Waals surface area contributed by atoms with Gasteiger partial charge in [-0.15, -0.1) is 0 Å². The normalized spacial score (nSPS) is 20.6. The summed E-state index contributed by atoms with van der Waals surface area (Å²) in [6.07, 6.45) is 4.52. The Bertz CT molecular complexity index is 686. The first-order valence-electron chi connectivity index (χ1n) is 11.1. The van der Waals surface area contributed by atoms with Crippen molar-refractivity contribution in [3.8, 4) is 5.75 Å². The van der Waals surface area contributed by atoms with Gasteiger partial charge in [0.15, 0.2) is 0 Å². The van der Waals surface area contributed by atoms with E-state index in [4.69, 9.17) is 9.47 Å². The van der Waals surface area contributed by atoms with E-state index < -0.39 is 0 Å². The summed E-state index contributed by atoms with van der Waals surface area (Å²) in [5.41, 5.74) is 0.993. The number of ether oxygens (including phenoxy) is 2. The van der Waals surface area contributed by atoms with Crippen LogP contribution in [0, 0.1) is 5.92 Å². The van der Waals surface area contributed by atoms with Gasteiger partial charge in [0.05, 0.1) is 20.1 Å². The van der Waals surface area contributed by atoms with Crippen molar-refractivity contribution in [3.05, 3.63) is 29.8 Å². The molecule has 7 heteroatoms. The van der Waals surface area contributed by atoms with Gasteiger partial charge in [-0.2, -0.15) is 0 Å². The number of benzene rings is 1. The second-order valence-electron chi connectivity index (χ2n) is 8.25. The summed E-state index contributed by atoms with van der Waals surface area (Å²) in [6, 6.07) is 8.16. The molecule has 1 N–H and O–H groups in total. The predicted molar refractivity (Wildman–Crippen MR) is 116 cm³/mol. The first-order valence-corrected chi connectivity index (χ1v) is 11.1. The second-order valence-corrected chi connectivity index (χ2v) is 8.25. The van der Waals surface area contributed by atoms with Gasteiger partial charge in [0.25, 0.3) is 0 Å². The fourth-order valence-corrected chi connectivity index (χ4v) is 4.47. The summed E-state index contributed by atoms with van der Waals surface area (Å²) in [7, 11) is 1.64. The molecule has 2 aliphatic rings. The zero-order chi connectivity index (χ0) is 21.3. The molecule has 0 spiro atoms. The molecule has 2 amide bonds. The number of carbonyl (C=O) groups is 2. The van der Waals surface area contributed by atoms with Crippen LogP contribution in [0.1, 0.15) is 38.2 Å². The molecule has 30 heavy (non-hydrogen) atoms. The van der Waals surface area contributed by atoms with Crippen LogP contribution in [0.15, 0.2) is 24.3 Å². The van der Waals surface area contributed by atoms with E-state index in [2.05, 4.69) is 10.2 Å². The molecule has 0 saturated carbocycles. The van der Waals surface area contributed by atoms with Gasteiger partial charge in [-0.3, -0.25) is 9.69 Å². The largest absolute Gasteiger partial charge is 0.497 e. The van der Waals surface area contributed by atoms with Gasteiger partial charge in [0.1, 0.15) is 5.75 Å². The number of hydrogen-bond donors (Lipinski definition) is 1. The number of amides is 2. The number of nitrogens with zero attached hydrogens (tertiary/aromatic N) is 2. The van der Waals surface area contributed by atoms with Crippen molar-refractivity contribution in [2.75, 3.05) is 46.4 Å². The van der Waals surface area contributed by atoms with Crippen molar-refractivity contribution in [1.29, 1.82) is 0 Å². The zero-order valence-electron chi connectivity index (χ0n) is 18.3. The van der Waals surface area contributed by atoms with Gasteiger partial charge in [-0.05, 0) is 62.8 Å². The van der Waals surface area contributed by atoms with E-state index >= 15 is 0 Å². The monoisotopic (exact) mass is 417 g/mol. The van der Waals surface area contributed by atoms with Crippen LogP contribution in [0.25, 0.3) is 0 Å². The maximum atomic E-state index is 12.3. The molecule has 1 atom stereocenters. The number of carbonyl (C=O) groups excluding carboxylic acids is 2. The molecule has 3 rings (SSSR count). The fraction of sp³-hybridized carbons (Fsp3) is 0.652. The third-order valence-electron chi connectivity index (χ3n) is 6.17. The van der Waals surface area contributed by atoms with E-state index in [1.165, 1.54) is 0 Å². The van der Waals surface area contributed by atoms with E-state index in [-0.39, 0.29) is 12.0 Å². The standard InChI is InChI=1S/C23H35N3O4/c1-3-30-23(28)25-13-10-20(11-14-25)26-12-4-5-19(17-26)16-24-22(27)15-18-6-8-21(29-2)9-7-18/h6-9,19-20H,3-5,10-17H2,1-2H3,(H,24,27)/t19-/m0/s1. The van der Waals surface area contributed by atoms with E-state index in [0.717, 1.165) is 69.7 Å². The molecule has 2 saturated heterocycles. The van der Waals surface area contributed by atoms with Gasteiger partial charge in [-0.1, -0.05) is 12.1 Å². The van der Waals surface area contributed by atoms with Crippen molar-refractivity contribution in [1.82, 2.24) is 15.1 Å². The molecule has 0 aromatic heterocycles. The third-order valence-corrected chi connectivity index (χ3v) is 6.17. The van der Waals surface area contributed by atoms with Crippen LogP contribution in [-0.4, -0.2) is 74.3 Å². The van der Waals surface area contributed by atoms with Crippen LogP contribution in [0.3, 0.4) is 0 Å². The zero-order valence-corrected chi connectivity index (χ0v) is 18.3. The molecule has 7 nitrogen and oxygen atoms in total. The first-order chi connectivity index (χ1) is 14.6. The molecule has 1 aromatic rings. The van der Waals surface area contributed by atoms with Crippen LogP contribution in [0.2, 0.25) is 0 Å². The van der Waals surface area contributed by atoms with Crippen molar-refractivity contribution < 1.29 is 19.1 Å². The van der Waals surface area contributed by atoms with Crippen molar-refractivity contribution >= 4 is 12.0 Å². The quantitative estimate of drug-likeness (QED) is 0.739. The molecular formula is C23H35N3O4. The molecule has 0 unspecified atom stereocenters. The minimum atomic E-state index is -0.188. The lowest BCUT2D eigenvalue weighted by atomic mass is 9.94. The molecule has 0 radical (unpaired) electrons. The smallest absolute Gasteiger partial charge is 0.409 e. The maximum absolute atomic E-state index is 12.3. The highest BCUT2D eigenvalue weighted by Crippen LogP contribution is 2.24. The molecule has 1 aromatic carbocycles. The number of methoxy groups -OCH3 is 1. The molecule has 2 heterocycles. The molecule has 0 bridgehead atoms. The van der Waals surface area contributed by atoms with Crippen LogP contribution < -0.4 is 10.1 Å². The molecule has 2 fully saturated rings. The summed E-state index contributed by atoms with van der Waals surface area (Å²) in [4.78, 5) is 28.6. The Kier molecular flexibility index (Phi) is 8.37. The average Bonchev–Trinajstić information content (AvgIpc) is 2.79. The average molecular weight is 418 g/mol. The predicted octanol–water partition coefficient (Wildman–Crippen LogP) is 2.69. The molecule has 166 valence electrons. The van der Waals surface area contributed by atoms with Gasteiger partial charge < -0.3 is 19.7 Å². The van der Waals surface area contributed by atoms with Gasteiger partial charge in [0, 0.05) is 32.2 Å². The SMILES string of the molecule is CCOC(=O)N1CCC(N2CCC[C@@H](CNC(=O)Cc3ccc(OC)cc3)C2)CC1. The summed E-state index contributed by atoms with van der Waals surface area (Å²) < 4.78 is 10.3. The van der Waals surface area contributed by atoms with E-state index in [1.807, 2.05) is 36.1 Å².